The molecule has 1 aromatic carbocycles. The molecule has 1 N–H and O–H groups in total. The molecule has 0 spiro atoms. The number of aliphatic hydroxyl groups excluding tert-OH is 1. The standard InChI is InChI=1S/C10H13BrO2/c1-3-13-10-5-4-8(7(2)12)6-9(10)11/h4-7,12H,3H2,1-2H3/t7-/m1/s1. The van der Waals surface area contributed by atoms with E-state index in [-0.39, 0.29) is 0 Å². The second-order valence-corrected chi connectivity index (χ2v) is 3.65. The predicted octanol–water partition coefficient (Wildman–Crippen LogP) is 2.90. The minimum atomic E-state index is -0.438. The van der Waals surface area contributed by atoms with Crippen LogP contribution >= 0.6 is 15.9 Å². The maximum atomic E-state index is 9.31. The van der Waals surface area contributed by atoms with E-state index in [0.29, 0.717) is 6.61 Å². The van der Waals surface area contributed by atoms with Gasteiger partial charge in [0.05, 0.1) is 17.2 Å². The summed E-state index contributed by atoms with van der Waals surface area (Å²) in [6.45, 7) is 4.32. The lowest BCUT2D eigenvalue weighted by atomic mass is 10.1. The first-order valence-corrected chi connectivity index (χ1v) is 5.04. The smallest absolute Gasteiger partial charge is 0.133 e. The molecule has 1 rings (SSSR count). The van der Waals surface area contributed by atoms with E-state index in [0.717, 1.165) is 15.8 Å². The summed E-state index contributed by atoms with van der Waals surface area (Å²) in [5.41, 5.74) is 0.885. The average molecular weight is 245 g/mol. The SMILES string of the molecule is CCOc1ccc([C@@H](C)O)cc1Br. The first-order valence-electron chi connectivity index (χ1n) is 4.25. The average Bonchev–Trinajstić information content (AvgIpc) is 2.08. The molecule has 0 aliphatic carbocycles. The van der Waals surface area contributed by atoms with Crippen LogP contribution in [-0.4, -0.2) is 11.7 Å². The molecule has 0 amide bonds. The Morgan fingerprint density at radius 1 is 1.54 bits per heavy atom. The number of aliphatic hydroxyl groups is 1. The van der Waals surface area contributed by atoms with Gasteiger partial charge in [-0.2, -0.15) is 0 Å². The molecule has 13 heavy (non-hydrogen) atoms. The Morgan fingerprint density at radius 3 is 2.69 bits per heavy atom. The highest BCUT2D eigenvalue weighted by Crippen LogP contribution is 2.28. The van der Waals surface area contributed by atoms with Crippen molar-refractivity contribution in [2.75, 3.05) is 6.61 Å². The van der Waals surface area contributed by atoms with E-state index in [4.69, 9.17) is 4.74 Å². The van der Waals surface area contributed by atoms with E-state index >= 15 is 0 Å². The van der Waals surface area contributed by atoms with Crippen molar-refractivity contribution >= 4 is 15.9 Å². The summed E-state index contributed by atoms with van der Waals surface area (Å²) in [7, 11) is 0. The highest BCUT2D eigenvalue weighted by Gasteiger charge is 2.05. The topological polar surface area (TPSA) is 29.5 Å². The zero-order chi connectivity index (χ0) is 9.84. The van der Waals surface area contributed by atoms with Gasteiger partial charge < -0.3 is 9.84 Å². The molecule has 3 heteroatoms. The molecule has 0 unspecified atom stereocenters. The van der Waals surface area contributed by atoms with E-state index in [1.807, 2.05) is 25.1 Å². The van der Waals surface area contributed by atoms with E-state index in [2.05, 4.69) is 15.9 Å². The highest BCUT2D eigenvalue weighted by molar-refractivity contribution is 9.10. The maximum Gasteiger partial charge on any atom is 0.133 e. The first-order chi connectivity index (χ1) is 6.15. The van der Waals surface area contributed by atoms with E-state index in [1.165, 1.54) is 0 Å². The zero-order valence-electron chi connectivity index (χ0n) is 7.75. The second-order valence-electron chi connectivity index (χ2n) is 2.80. The van der Waals surface area contributed by atoms with Crippen LogP contribution in [-0.2, 0) is 0 Å². The fraction of sp³-hybridized carbons (Fsp3) is 0.400. The van der Waals surface area contributed by atoms with E-state index in [1.54, 1.807) is 6.92 Å². The Bertz CT molecular complexity index is 284. The molecule has 0 heterocycles. The fourth-order valence-electron chi connectivity index (χ4n) is 1.05. The van der Waals surface area contributed by atoms with Crippen molar-refractivity contribution in [2.24, 2.45) is 0 Å². The molecule has 2 nitrogen and oxygen atoms in total. The largest absolute Gasteiger partial charge is 0.493 e. The molecular weight excluding hydrogens is 232 g/mol. The van der Waals surface area contributed by atoms with Crippen molar-refractivity contribution in [3.8, 4) is 5.75 Å². The van der Waals surface area contributed by atoms with Crippen LogP contribution in [0.2, 0.25) is 0 Å². The van der Waals surface area contributed by atoms with Crippen LogP contribution in [0, 0.1) is 0 Å². The molecule has 72 valence electrons. The number of hydrogen-bond donors (Lipinski definition) is 1. The third-order valence-corrected chi connectivity index (χ3v) is 2.36. The Kier molecular flexibility index (Phi) is 3.75. The molecule has 0 aliphatic rings. The van der Waals surface area contributed by atoms with Crippen molar-refractivity contribution in [3.63, 3.8) is 0 Å². The van der Waals surface area contributed by atoms with Gasteiger partial charge in [0.2, 0.25) is 0 Å². The first kappa shape index (κ1) is 10.5. The van der Waals surface area contributed by atoms with Crippen LogP contribution in [0.3, 0.4) is 0 Å². The van der Waals surface area contributed by atoms with Gasteiger partial charge in [0.25, 0.3) is 0 Å². The third-order valence-electron chi connectivity index (χ3n) is 1.74. The fourth-order valence-corrected chi connectivity index (χ4v) is 1.56. The number of benzene rings is 1. The van der Waals surface area contributed by atoms with Gasteiger partial charge in [-0.05, 0) is 47.5 Å². The normalized spacial score (nSPS) is 12.6. The lowest BCUT2D eigenvalue weighted by molar-refractivity contribution is 0.199. The highest BCUT2D eigenvalue weighted by atomic mass is 79.9. The third kappa shape index (κ3) is 2.71. The molecule has 0 aliphatic heterocycles. The molecule has 0 saturated carbocycles. The van der Waals surface area contributed by atoms with E-state index in [9.17, 15) is 5.11 Å². The summed E-state index contributed by atoms with van der Waals surface area (Å²) in [5.74, 6) is 0.812. The summed E-state index contributed by atoms with van der Waals surface area (Å²) >= 11 is 3.38. The zero-order valence-corrected chi connectivity index (χ0v) is 9.34. The maximum absolute atomic E-state index is 9.31. The van der Waals surface area contributed by atoms with Gasteiger partial charge in [0, 0.05) is 0 Å². The summed E-state index contributed by atoms with van der Waals surface area (Å²) in [6, 6.07) is 5.59. The minimum absolute atomic E-state index is 0.438. The number of rotatable bonds is 3. The van der Waals surface area contributed by atoms with Gasteiger partial charge >= 0.3 is 0 Å². The lowest BCUT2D eigenvalue weighted by Gasteiger charge is -2.09. The van der Waals surface area contributed by atoms with Crippen LogP contribution < -0.4 is 4.74 Å². The van der Waals surface area contributed by atoms with Gasteiger partial charge in [-0.3, -0.25) is 0 Å². The monoisotopic (exact) mass is 244 g/mol. The van der Waals surface area contributed by atoms with Gasteiger partial charge in [-0.25, -0.2) is 0 Å². The number of ether oxygens (including phenoxy) is 1. The molecule has 0 saturated heterocycles. The summed E-state index contributed by atoms with van der Waals surface area (Å²) < 4.78 is 6.23. The van der Waals surface area contributed by atoms with Crippen molar-refractivity contribution in [1.82, 2.24) is 0 Å². The number of halogens is 1. The molecule has 0 bridgehead atoms. The van der Waals surface area contributed by atoms with Crippen LogP contribution in [0.15, 0.2) is 22.7 Å². The minimum Gasteiger partial charge on any atom is -0.493 e. The summed E-state index contributed by atoms with van der Waals surface area (Å²) in [6.07, 6.45) is -0.438. The molecular formula is C10H13BrO2. The predicted molar refractivity (Wildman–Crippen MR) is 55.9 cm³/mol. The second kappa shape index (κ2) is 4.63. The van der Waals surface area contributed by atoms with Gasteiger partial charge in [-0.15, -0.1) is 0 Å². The lowest BCUT2D eigenvalue weighted by Crippen LogP contribution is -1.95. The summed E-state index contributed by atoms with van der Waals surface area (Å²) in [5, 5.41) is 9.31. The molecule has 1 atom stereocenters. The van der Waals surface area contributed by atoms with Crippen LogP contribution in [0.5, 0.6) is 5.75 Å². The van der Waals surface area contributed by atoms with Crippen LogP contribution in [0.1, 0.15) is 25.5 Å². The van der Waals surface area contributed by atoms with Crippen molar-refractivity contribution in [1.29, 1.82) is 0 Å². The number of hydrogen-bond acceptors (Lipinski definition) is 2. The van der Waals surface area contributed by atoms with Crippen molar-refractivity contribution in [2.45, 2.75) is 20.0 Å². The van der Waals surface area contributed by atoms with Crippen molar-refractivity contribution < 1.29 is 9.84 Å². The molecule has 0 radical (unpaired) electrons. The summed E-state index contributed by atoms with van der Waals surface area (Å²) in [4.78, 5) is 0. The Balaban J connectivity index is 2.92. The van der Waals surface area contributed by atoms with Crippen molar-refractivity contribution in [3.05, 3.63) is 28.2 Å². The molecule has 1 aromatic rings. The Labute approximate surface area is 86.7 Å². The van der Waals surface area contributed by atoms with Crippen LogP contribution in [0.25, 0.3) is 0 Å². The van der Waals surface area contributed by atoms with E-state index < -0.39 is 6.10 Å². The molecule has 0 fully saturated rings. The molecule has 0 aromatic heterocycles. The Morgan fingerprint density at radius 2 is 2.23 bits per heavy atom. The van der Waals surface area contributed by atoms with Crippen LogP contribution in [0.4, 0.5) is 0 Å². The van der Waals surface area contributed by atoms with Gasteiger partial charge in [0.1, 0.15) is 5.75 Å². The van der Waals surface area contributed by atoms with Gasteiger partial charge in [0.15, 0.2) is 0 Å². The Hall–Kier alpha value is -0.540. The van der Waals surface area contributed by atoms with Gasteiger partial charge in [-0.1, -0.05) is 6.07 Å². The quantitative estimate of drug-likeness (QED) is 0.887.